The lowest BCUT2D eigenvalue weighted by Crippen LogP contribution is -2.49. The van der Waals surface area contributed by atoms with Crippen LogP contribution in [0.1, 0.15) is 25.7 Å². The molecule has 2 aliphatic heterocycles. The molecule has 2 fully saturated rings. The average Bonchev–Trinajstić information content (AvgIpc) is 3.10. The molecule has 10 heteroatoms. The van der Waals surface area contributed by atoms with E-state index < -0.39 is 0 Å². The number of amides is 1. The van der Waals surface area contributed by atoms with Crippen molar-refractivity contribution in [3.8, 4) is 0 Å². The van der Waals surface area contributed by atoms with Gasteiger partial charge in [-0.1, -0.05) is 48.1 Å². The molecular formula is C23H27FN6OS2. The van der Waals surface area contributed by atoms with Gasteiger partial charge in [-0.3, -0.25) is 4.79 Å². The predicted octanol–water partition coefficient (Wildman–Crippen LogP) is 4.05. The number of hydrogen-bond acceptors (Lipinski definition) is 8. The molecule has 0 aliphatic carbocycles. The standard InChI is InChI=1S/C23H27FN6OS2/c24-17-7-3-4-8-18(17)28-11-13-29(14-12-28)19(31)15-32-22-20-21(25-16-26-22)27-23(33-20)30-9-5-1-2-6-10-30/h3-4,7-8,16H,1-2,5-6,9-15H2. The number of thiazole rings is 1. The number of thioether (sulfide) groups is 1. The van der Waals surface area contributed by atoms with Gasteiger partial charge in [-0.05, 0) is 25.0 Å². The fraction of sp³-hybridized carbons (Fsp3) is 0.478. The Morgan fingerprint density at radius 1 is 0.970 bits per heavy atom. The topological polar surface area (TPSA) is 65.5 Å². The first-order chi connectivity index (χ1) is 16.2. The van der Waals surface area contributed by atoms with E-state index in [9.17, 15) is 9.18 Å². The highest BCUT2D eigenvalue weighted by molar-refractivity contribution is 8.00. The lowest BCUT2D eigenvalue weighted by molar-refractivity contribution is -0.128. The Morgan fingerprint density at radius 3 is 2.48 bits per heavy atom. The summed E-state index contributed by atoms with van der Waals surface area (Å²) in [6, 6.07) is 6.80. The van der Waals surface area contributed by atoms with E-state index in [4.69, 9.17) is 4.98 Å². The summed E-state index contributed by atoms with van der Waals surface area (Å²) in [7, 11) is 0. The van der Waals surface area contributed by atoms with Crippen molar-refractivity contribution < 1.29 is 9.18 Å². The average molecular weight is 487 g/mol. The summed E-state index contributed by atoms with van der Waals surface area (Å²) in [5, 5.41) is 1.82. The summed E-state index contributed by atoms with van der Waals surface area (Å²) in [6.07, 6.45) is 6.48. The van der Waals surface area contributed by atoms with Crippen LogP contribution < -0.4 is 9.80 Å². The van der Waals surface area contributed by atoms with E-state index in [1.54, 1.807) is 23.5 Å². The van der Waals surface area contributed by atoms with Gasteiger partial charge in [0.25, 0.3) is 0 Å². The Labute approximate surface area is 201 Å². The maximum Gasteiger partial charge on any atom is 0.233 e. The number of rotatable bonds is 5. The molecule has 7 nitrogen and oxygen atoms in total. The van der Waals surface area contributed by atoms with Gasteiger partial charge >= 0.3 is 0 Å². The number of para-hydroxylation sites is 1. The lowest BCUT2D eigenvalue weighted by Gasteiger charge is -2.36. The molecule has 2 aromatic heterocycles. The third-order valence-corrected chi connectivity index (χ3v) is 8.40. The van der Waals surface area contributed by atoms with E-state index in [0.29, 0.717) is 43.3 Å². The van der Waals surface area contributed by atoms with E-state index in [2.05, 4.69) is 14.9 Å². The fourth-order valence-corrected chi connectivity index (χ4v) is 6.39. The molecule has 0 spiro atoms. The molecule has 4 heterocycles. The minimum Gasteiger partial charge on any atom is -0.366 e. The van der Waals surface area contributed by atoms with Crippen LogP contribution in [0, 0.1) is 5.82 Å². The highest BCUT2D eigenvalue weighted by atomic mass is 32.2. The first kappa shape index (κ1) is 22.3. The number of carbonyl (C=O) groups excluding carboxylic acids is 1. The molecule has 0 atom stereocenters. The molecular weight excluding hydrogens is 459 g/mol. The maximum atomic E-state index is 14.1. The molecule has 0 radical (unpaired) electrons. The first-order valence-corrected chi connectivity index (χ1v) is 13.3. The van der Waals surface area contributed by atoms with Crippen LogP contribution >= 0.6 is 23.1 Å². The number of halogens is 1. The monoisotopic (exact) mass is 486 g/mol. The number of anilines is 2. The quantitative estimate of drug-likeness (QED) is 0.398. The second-order valence-corrected chi connectivity index (χ2v) is 10.3. The van der Waals surface area contributed by atoms with Crippen molar-refractivity contribution in [1.29, 1.82) is 0 Å². The predicted molar refractivity (Wildman–Crippen MR) is 132 cm³/mol. The smallest absolute Gasteiger partial charge is 0.233 e. The lowest BCUT2D eigenvalue weighted by atomic mass is 10.2. The van der Waals surface area contributed by atoms with Gasteiger partial charge in [0.15, 0.2) is 10.8 Å². The van der Waals surface area contributed by atoms with Gasteiger partial charge in [0, 0.05) is 39.3 Å². The fourth-order valence-electron chi connectivity index (χ4n) is 4.35. The van der Waals surface area contributed by atoms with Crippen molar-refractivity contribution >= 4 is 50.2 Å². The Morgan fingerprint density at radius 2 is 1.73 bits per heavy atom. The van der Waals surface area contributed by atoms with E-state index in [-0.39, 0.29) is 11.7 Å². The SMILES string of the molecule is O=C(CSc1ncnc2nc(N3CCCCCC3)sc12)N1CCN(c2ccccc2F)CC1. The van der Waals surface area contributed by atoms with Gasteiger partial charge in [-0.15, -0.1) is 0 Å². The zero-order valence-electron chi connectivity index (χ0n) is 18.5. The zero-order chi connectivity index (χ0) is 22.6. The second-order valence-electron chi connectivity index (χ2n) is 8.34. The molecule has 0 N–H and O–H groups in total. The minimum atomic E-state index is -0.218. The Bertz CT molecular complexity index is 1110. The van der Waals surface area contributed by atoms with E-state index in [0.717, 1.165) is 27.9 Å². The largest absolute Gasteiger partial charge is 0.366 e. The van der Waals surface area contributed by atoms with Crippen LogP contribution in [-0.4, -0.2) is 70.8 Å². The number of piperazine rings is 1. The molecule has 5 rings (SSSR count). The normalized spacial score (nSPS) is 17.4. The van der Waals surface area contributed by atoms with E-state index in [1.807, 2.05) is 15.9 Å². The number of benzene rings is 1. The number of nitrogens with zero attached hydrogens (tertiary/aromatic N) is 6. The van der Waals surface area contributed by atoms with Gasteiger partial charge in [-0.2, -0.15) is 4.98 Å². The summed E-state index contributed by atoms with van der Waals surface area (Å²) >= 11 is 3.08. The van der Waals surface area contributed by atoms with Crippen LogP contribution in [0.25, 0.3) is 10.3 Å². The Hall–Kier alpha value is -2.46. The van der Waals surface area contributed by atoms with Crippen molar-refractivity contribution in [2.75, 3.05) is 54.8 Å². The van der Waals surface area contributed by atoms with Crippen LogP contribution in [0.4, 0.5) is 15.2 Å². The molecule has 3 aromatic rings. The summed E-state index contributed by atoms with van der Waals surface area (Å²) in [5.74, 6) is 0.185. The summed E-state index contributed by atoms with van der Waals surface area (Å²) in [6.45, 7) is 4.51. The van der Waals surface area contributed by atoms with Crippen LogP contribution in [-0.2, 0) is 4.79 Å². The maximum absolute atomic E-state index is 14.1. The molecule has 0 bridgehead atoms. The zero-order valence-corrected chi connectivity index (χ0v) is 20.1. The molecule has 1 aromatic carbocycles. The van der Waals surface area contributed by atoms with E-state index in [1.165, 1.54) is 49.8 Å². The van der Waals surface area contributed by atoms with E-state index >= 15 is 0 Å². The van der Waals surface area contributed by atoms with Crippen molar-refractivity contribution in [1.82, 2.24) is 19.9 Å². The number of fused-ring (bicyclic) bond motifs is 1. The molecule has 2 aliphatic rings. The number of hydrogen-bond donors (Lipinski definition) is 0. The van der Waals surface area contributed by atoms with Crippen LogP contribution in [0.5, 0.6) is 0 Å². The molecule has 1 amide bonds. The van der Waals surface area contributed by atoms with Gasteiger partial charge < -0.3 is 14.7 Å². The van der Waals surface area contributed by atoms with Crippen molar-refractivity contribution in [2.45, 2.75) is 30.7 Å². The first-order valence-electron chi connectivity index (χ1n) is 11.5. The van der Waals surface area contributed by atoms with Gasteiger partial charge in [0.2, 0.25) is 5.91 Å². The number of carbonyl (C=O) groups is 1. The highest BCUT2D eigenvalue weighted by Gasteiger charge is 2.24. The molecule has 2 saturated heterocycles. The molecule has 33 heavy (non-hydrogen) atoms. The van der Waals surface area contributed by atoms with Gasteiger partial charge in [0.1, 0.15) is 21.9 Å². The highest BCUT2D eigenvalue weighted by Crippen LogP contribution is 2.34. The molecule has 174 valence electrons. The van der Waals surface area contributed by atoms with Crippen molar-refractivity contribution in [2.24, 2.45) is 0 Å². The number of aromatic nitrogens is 3. The van der Waals surface area contributed by atoms with Crippen molar-refractivity contribution in [3.05, 3.63) is 36.4 Å². The van der Waals surface area contributed by atoms with Crippen molar-refractivity contribution in [3.63, 3.8) is 0 Å². The third-order valence-electron chi connectivity index (χ3n) is 6.18. The summed E-state index contributed by atoms with van der Waals surface area (Å²) in [4.78, 5) is 32.6. The van der Waals surface area contributed by atoms with Gasteiger partial charge in [0.05, 0.1) is 11.4 Å². The summed E-state index contributed by atoms with van der Waals surface area (Å²) < 4.78 is 15.0. The minimum absolute atomic E-state index is 0.0807. The third kappa shape index (κ3) is 5.06. The van der Waals surface area contributed by atoms with Gasteiger partial charge in [-0.25, -0.2) is 14.4 Å². The molecule has 0 saturated carbocycles. The van der Waals surface area contributed by atoms with Crippen LogP contribution in [0.15, 0.2) is 35.6 Å². The molecule has 0 unspecified atom stereocenters. The van der Waals surface area contributed by atoms with Crippen LogP contribution in [0.2, 0.25) is 0 Å². The summed E-state index contributed by atoms with van der Waals surface area (Å²) in [5.41, 5.74) is 1.32. The Kier molecular flexibility index (Phi) is 6.91. The Balaban J connectivity index is 1.20. The second kappa shape index (κ2) is 10.2. The van der Waals surface area contributed by atoms with Crippen LogP contribution in [0.3, 0.4) is 0 Å².